The molecule has 0 aromatic heterocycles. The van der Waals surface area contributed by atoms with Gasteiger partial charge in [0.1, 0.15) is 17.3 Å². The van der Waals surface area contributed by atoms with Crippen LogP contribution in [0.3, 0.4) is 0 Å². The van der Waals surface area contributed by atoms with E-state index >= 15 is 0 Å². The minimum Gasteiger partial charge on any atom is -0.743 e. The first-order valence-electron chi connectivity index (χ1n) is 11.5. The molecule has 2 aromatic carbocycles. The van der Waals surface area contributed by atoms with Crippen molar-refractivity contribution in [2.45, 2.75) is 66.6 Å². The maximum absolute atomic E-state index is 12.2. The Balaban J connectivity index is 0.000000225. The molecular weight excluding hydrogens is 591 g/mol. The summed E-state index contributed by atoms with van der Waals surface area (Å²) in [5.41, 5.74) is 0. The van der Waals surface area contributed by atoms with Crippen LogP contribution in [-0.4, -0.2) is 60.6 Å². The molecular formula is C23H23F9O5S2. The molecule has 0 N–H and O–H groups in total. The summed E-state index contributed by atoms with van der Waals surface area (Å²) in [6.07, 6.45) is -1.12. The molecule has 220 valence electrons. The molecule has 16 heteroatoms. The monoisotopic (exact) mass is 614 g/mol. The van der Waals surface area contributed by atoms with Crippen LogP contribution in [0.4, 0.5) is 39.5 Å². The van der Waals surface area contributed by atoms with Crippen LogP contribution in [0.1, 0.15) is 32.1 Å². The normalized spacial score (nSPS) is 20.0. The average molecular weight is 615 g/mol. The number of rotatable bonds is 6. The third-order valence-corrected chi connectivity index (χ3v) is 9.44. The van der Waals surface area contributed by atoms with Crippen LogP contribution in [0.5, 0.6) is 5.75 Å². The molecule has 2 aliphatic heterocycles. The number of hydrogen-bond donors (Lipinski definition) is 0. The molecule has 2 saturated heterocycles. The Morgan fingerprint density at radius 1 is 0.821 bits per heavy atom. The van der Waals surface area contributed by atoms with Gasteiger partial charge >= 0.3 is 23.3 Å². The number of ether oxygens (including phenoxy) is 2. The van der Waals surface area contributed by atoms with E-state index in [2.05, 4.69) is 36.4 Å². The van der Waals surface area contributed by atoms with Crippen molar-refractivity contribution in [3.63, 3.8) is 0 Å². The highest BCUT2D eigenvalue weighted by molar-refractivity contribution is 7.97. The van der Waals surface area contributed by atoms with E-state index in [4.69, 9.17) is 9.47 Å². The Hall–Kier alpha value is -1.91. The van der Waals surface area contributed by atoms with Gasteiger partial charge in [-0.1, -0.05) is 18.2 Å². The average Bonchev–Trinajstić information content (AvgIpc) is 3.38. The van der Waals surface area contributed by atoms with Crippen molar-refractivity contribution < 1.29 is 62.0 Å². The fraction of sp³-hybridized carbons (Fsp3) is 0.565. The quantitative estimate of drug-likeness (QED) is 0.212. The zero-order chi connectivity index (χ0) is 29.3. The van der Waals surface area contributed by atoms with Gasteiger partial charge in [0.2, 0.25) is 0 Å². The molecule has 0 saturated carbocycles. The van der Waals surface area contributed by atoms with E-state index in [1.807, 2.05) is 0 Å². The number of benzene rings is 2. The van der Waals surface area contributed by atoms with E-state index in [0.717, 1.165) is 25.2 Å². The Labute approximate surface area is 220 Å². The zero-order valence-electron chi connectivity index (χ0n) is 20.0. The second kappa shape index (κ2) is 11.5. The first-order valence-corrected chi connectivity index (χ1v) is 14.5. The summed E-state index contributed by atoms with van der Waals surface area (Å²) in [7, 11) is -6.98. The van der Waals surface area contributed by atoms with Crippen molar-refractivity contribution in [3.8, 4) is 5.75 Å². The van der Waals surface area contributed by atoms with Crippen LogP contribution < -0.4 is 4.74 Å². The SMILES string of the molecule is O=S(=O)([O-])C(F)(F)C(F)(F)C(F)(F)C(F)(F)F.c1ccc2c([S+]3CCCC3)ccc(OC3CCCCO3)c2c1. The van der Waals surface area contributed by atoms with Crippen molar-refractivity contribution in [3.05, 3.63) is 36.4 Å². The molecule has 5 nitrogen and oxygen atoms in total. The van der Waals surface area contributed by atoms with Gasteiger partial charge in [0.25, 0.3) is 0 Å². The third kappa shape index (κ3) is 6.38. The lowest BCUT2D eigenvalue weighted by molar-refractivity contribution is -0.382. The molecule has 2 aliphatic rings. The molecule has 0 aliphatic carbocycles. The Morgan fingerprint density at radius 3 is 1.92 bits per heavy atom. The first kappa shape index (κ1) is 31.6. The number of fused-ring (bicyclic) bond motifs is 1. The van der Waals surface area contributed by atoms with Gasteiger partial charge in [-0.3, -0.25) is 0 Å². The predicted octanol–water partition coefficient (Wildman–Crippen LogP) is 6.47. The van der Waals surface area contributed by atoms with Crippen molar-refractivity contribution in [2.24, 2.45) is 0 Å². The maximum atomic E-state index is 12.2. The van der Waals surface area contributed by atoms with Crippen molar-refractivity contribution >= 4 is 31.8 Å². The van der Waals surface area contributed by atoms with Crippen molar-refractivity contribution in [2.75, 3.05) is 18.1 Å². The first-order chi connectivity index (χ1) is 17.9. The lowest BCUT2D eigenvalue weighted by Crippen LogP contribution is -2.63. The summed E-state index contributed by atoms with van der Waals surface area (Å²) >= 11 is 0. The topological polar surface area (TPSA) is 75.7 Å². The Bertz CT molecular complexity index is 1240. The summed E-state index contributed by atoms with van der Waals surface area (Å²) < 4.78 is 147. The summed E-state index contributed by atoms with van der Waals surface area (Å²) in [5.74, 6) is -11.1. The lowest BCUT2D eigenvalue weighted by atomic mass is 10.1. The maximum Gasteiger partial charge on any atom is 0.460 e. The summed E-state index contributed by atoms with van der Waals surface area (Å²) in [4.78, 5) is 1.53. The number of alkyl halides is 9. The minimum atomic E-state index is -7.43. The number of hydrogen-bond acceptors (Lipinski definition) is 5. The van der Waals surface area contributed by atoms with Crippen molar-refractivity contribution in [1.82, 2.24) is 0 Å². The van der Waals surface area contributed by atoms with Crippen LogP contribution in [0, 0.1) is 0 Å². The molecule has 1 unspecified atom stereocenters. The van der Waals surface area contributed by atoms with Crippen LogP contribution >= 0.6 is 0 Å². The van der Waals surface area contributed by atoms with Gasteiger partial charge in [0, 0.05) is 28.1 Å². The highest BCUT2D eigenvalue weighted by Crippen LogP contribution is 2.54. The van der Waals surface area contributed by atoms with E-state index < -0.39 is 33.4 Å². The second-order valence-corrected chi connectivity index (χ2v) is 12.4. The van der Waals surface area contributed by atoms with Gasteiger partial charge < -0.3 is 14.0 Å². The molecule has 4 rings (SSSR count). The van der Waals surface area contributed by atoms with E-state index in [0.29, 0.717) is 10.9 Å². The Kier molecular flexibility index (Phi) is 9.34. The molecule has 2 heterocycles. The zero-order valence-corrected chi connectivity index (χ0v) is 21.6. The van der Waals surface area contributed by atoms with Gasteiger partial charge in [0.15, 0.2) is 21.3 Å². The van der Waals surface area contributed by atoms with Gasteiger partial charge in [-0.15, -0.1) is 0 Å². The van der Waals surface area contributed by atoms with Gasteiger partial charge in [-0.2, -0.15) is 39.5 Å². The number of halogens is 9. The van der Waals surface area contributed by atoms with E-state index in [1.165, 1.54) is 46.4 Å². The highest BCUT2D eigenvalue weighted by atomic mass is 32.2. The van der Waals surface area contributed by atoms with Crippen LogP contribution in [-0.2, 0) is 25.7 Å². The largest absolute Gasteiger partial charge is 0.743 e. The minimum absolute atomic E-state index is 0.0723. The second-order valence-electron chi connectivity index (χ2n) is 8.75. The van der Waals surface area contributed by atoms with Crippen LogP contribution in [0.25, 0.3) is 10.8 Å². The van der Waals surface area contributed by atoms with Crippen LogP contribution in [0.2, 0.25) is 0 Å². The van der Waals surface area contributed by atoms with E-state index in [9.17, 15) is 52.5 Å². The molecule has 0 amide bonds. The summed E-state index contributed by atoms with van der Waals surface area (Å²) in [6, 6.07) is 13.2. The molecule has 1 atom stereocenters. The molecule has 0 spiro atoms. The Morgan fingerprint density at radius 2 is 1.41 bits per heavy atom. The molecule has 2 aromatic rings. The summed E-state index contributed by atoms with van der Waals surface area (Å²) in [5, 5.41) is -4.49. The van der Waals surface area contributed by atoms with Crippen molar-refractivity contribution in [1.29, 1.82) is 0 Å². The van der Waals surface area contributed by atoms with Gasteiger partial charge in [0.05, 0.1) is 6.61 Å². The third-order valence-electron chi connectivity index (χ3n) is 6.01. The fourth-order valence-electron chi connectivity index (χ4n) is 3.94. The molecule has 2 fully saturated rings. The van der Waals surface area contributed by atoms with Gasteiger partial charge in [-0.05, 0) is 43.9 Å². The molecule has 39 heavy (non-hydrogen) atoms. The molecule has 0 radical (unpaired) electrons. The fourth-order valence-corrected chi connectivity index (χ4v) is 6.88. The van der Waals surface area contributed by atoms with E-state index in [-0.39, 0.29) is 6.29 Å². The van der Waals surface area contributed by atoms with E-state index in [1.54, 1.807) is 0 Å². The molecule has 0 bridgehead atoms. The smallest absolute Gasteiger partial charge is 0.460 e. The standard InChI is InChI=1S/C19H23O2S.C4HF9O3S/c1-2-8-16-15(7-1)17(21-19-9-3-4-12-20-19)10-11-18(16)22-13-5-6-14-22;5-1(6,3(9,10)11)2(7,8)4(12,13)17(14,15)16/h1-2,7-8,10-11,19H,3-6,9,12-14H2;(H,14,15,16)/q+1;/p-1. The van der Waals surface area contributed by atoms with Gasteiger partial charge in [-0.25, -0.2) is 8.42 Å². The lowest BCUT2D eigenvalue weighted by Gasteiger charge is -2.34. The highest BCUT2D eigenvalue weighted by Gasteiger charge is 2.83. The predicted molar refractivity (Wildman–Crippen MR) is 123 cm³/mol. The summed E-state index contributed by atoms with van der Waals surface area (Å²) in [6.45, 7) is 0.824. The van der Waals surface area contributed by atoms with Crippen LogP contribution in [0.15, 0.2) is 41.3 Å².